The maximum atomic E-state index is 12.5. The van der Waals surface area contributed by atoms with Crippen LogP contribution in [0.25, 0.3) is 0 Å². The van der Waals surface area contributed by atoms with Crippen LogP contribution in [0.2, 0.25) is 0 Å². The smallest absolute Gasteiger partial charge is 0.346 e. The van der Waals surface area contributed by atoms with Crippen LogP contribution in [-0.2, 0) is 14.3 Å². The third-order valence-corrected chi connectivity index (χ3v) is 3.78. The van der Waals surface area contributed by atoms with E-state index in [0.29, 0.717) is 18.0 Å². The summed E-state index contributed by atoms with van der Waals surface area (Å²) in [4.78, 5) is 25.2. The minimum absolute atomic E-state index is 0.0257. The summed E-state index contributed by atoms with van der Waals surface area (Å²) >= 11 is 0. The summed E-state index contributed by atoms with van der Waals surface area (Å²) in [7, 11) is 0. The Kier molecular flexibility index (Phi) is 3.79. The summed E-state index contributed by atoms with van der Waals surface area (Å²) < 4.78 is 10.9. The molecule has 0 saturated carbocycles. The highest BCUT2D eigenvalue weighted by molar-refractivity contribution is 5.96. The van der Waals surface area contributed by atoms with E-state index in [-0.39, 0.29) is 25.0 Å². The molecule has 1 fully saturated rings. The average Bonchev–Trinajstić information content (AvgIpc) is 2.98. The van der Waals surface area contributed by atoms with Crippen LogP contribution in [0.15, 0.2) is 24.3 Å². The molecule has 1 aromatic rings. The van der Waals surface area contributed by atoms with Crippen LogP contribution in [0.5, 0.6) is 5.75 Å². The first kappa shape index (κ1) is 13.9. The highest BCUT2D eigenvalue weighted by Gasteiger charge is 2.34. The van der Waals surface area contributed by atoms with Crippen molar-refractivity contribution in [3.63, 3.8) is 0 Å². The molecule has 6 nitrogen and oxygen atoms in total. The van der Waals surface area contributed by atoms with Crippen molar-refractivity contribution in [1.82, 2.24) is 0 Å². The van der Waals surface area contributed by atoms with E-state index in [1.54, 1.807) is 24.3 Å². The van der Waals surface area contributed by atoms with Crippen LogP contribution in [0.3, 0.4) is 0 Å². The van der Waals surface area contributed by atoms with E-state index in [1.165, 1.54) is 4.90 Å². The number of carboxylic acids is 1. The van der Waals surface area contributed by atoms with Gasteiger partial charge in [-0.1, -0.05) is 12.1 Å². The van der Waals surface area contributed by atoms with Crippen LogP contribution < -0.4 is 9.64 Å². The topological polar surface area (TPSA) is 76.1 Å². The number of carbonyl (C=O) groups excluding carboxylic acids is 1. The second-order valence-electron chi connectivity index (χ2n) is 5.26. The zero-order chi connectivity index (χ0) is 14.8. The Balaban J connectivity index is 1.81. The van der Waals surface area contributed by atoms with Crippen LogP contribution >= 0.6 is 0 Å². The van der Waals surface area contributed by atoms with E-state index in [4.69, 9.17) is 14.6 Å². The van der Waals surface area contributed by atoms with Crippen molar-refractivity contribution in [3.05, 3.63) is 24.3 Å². The fourth-order valence-electron chi connectivity index (χ4n) is 2.71. The van der Waals surface area contributed by atoms with Crippen LogP contribution in [0.4, 0.5) is 5.69 Å². The Labute approximate surface area is 122 Å². The molecule has 2 heterocycles. The summed E-state index contributed by atoms with van der Waals surface area (Å²) in [6.07, 6.45) is 1.03. The van der Waals surface area contributed by atoms with E-state index in [1.807, 2.05) is 0 Å². The number of fused-ring (bicyclic) bond motifs is 1. The summed E-state index contributed by atoms with van der Waals surface area (Å²) in [5.41, 5.74) is 0.623. The maximum Gasteiger partial charge on any atom is 0.346 e. The predicted octanol–water partition coefficient (Wildman–Crippen LogP) is 1.43. The Hall–Kier alpha value is -2.08. The molecule has 1 amide bonds. The number of ether oxygens (including phenoxy) is 2. The van der Waals surface area contributed by atoms with Crippen LogP contribution in [0, 0.1) is 0 Å². The highest BCUT2D eigenvalue weighted by Crippen LogP contribution is 2.34. The number of carboxylic acid groups (broad SMARTS) is 1. The summed E-state index contributed by atoms with van der Waals surface area (Å²) in [5.74, 6) is -0.764. The molecule has 1 saturated heterocycles. The van der Waals surface area contributed by atoms with Crippen LogP contribution in [-0.4, -0.2) is 42.3 Å². The molecular weight excluding hydrogens is 274 g/mol. The lowest BCUT2D eigenvalue weighted by atomic mass is 10.1. The number of rotatable bonds is 3. The quantitative estimate of drug-likeness (QED) is 0.911. The van der Waals surface area contributed by atoms with Gasteiger partial charge in [0.25, 0.3) is 0 Å². The van der Waals surface area contributed by atoms with Gasteiger partial charge in [0, 0.05) is 6.61 Å². The Bertz CT molecular complexity index is 553. The molecule has 2 aliphatic heterocycles. The third-order valence-electron chi connectivity index (χ3n) is 3.78. The van der Waals surface area contributed by atoms with E-state index in [9.17, 15) is 9.59 Å². The molecule has 2 atom stereocenters. The predicted molar refractivity (Wildman–Crippen MR) is 74.4 cm³/mol. The first-order valence-electron chi connectivity index (χ1n) is 7.05. The fraction of sp³-hybridized carbons (Fsp3) is 0.467. The summed E-state index contributed by atoms with van der Waals surface area (Å²) in [6.45, 7) is 0.716. The maximum absolute atomic E-state index is 12.5. The van der Waals surface area contributed by atoms with E-state index in [2.05, 4.69) is 0 Å². The SMILES string of the molecule is O=C(O)C1CN(C(=O)CC2CCCO2)c2ccccc2O1. The van der Waals surface area contributed by atoms with Gasteiger partial charge in [-0.25, -0.2) is 4.79 Å². The molecule has 0 spiro atoms. The van der Waals surface area contributed by atoms with Crippen LogP contribution in [0.1, 0.15) is 19.3 Å². The Morgan fingerprint density at radius 3 is 2.86 bits per heavy atom. The Morgan fingerprint density at radius 2 is 2.14 bits per heavy atom. The minimum atomic E-state index is -1.07. The molecule has 112 valence electrons. The largest absolute Gasteiger partial charge is 0.478 e. The van der Waals surface area contributed by atoms with Crippen molar-refractivity contribution in [2.24, 2.45) is 0 Å². The molecule has 21 heavy (non-hydrogen) atoms. The van der Waals surface area contributed by atoms with Gasteiger partial charge >= 0.3 is 5.97 Å². The third kappa shape index (κ3) is 2.85. The number of aliphatic carboxylic acids is 1. The van der Waals surface area contributed by atoms with E-state index >= 15 is 0 Å². The van der Waals surface area contributed by atoms with Crippen molar-refractivity contribution in [1.29, 1.82) is 0 Å². The molecule has 3 rings (SSSR count). The van der Waals surface area contributed by atoms with Gasteiger partial charge in [0.15, 0.2) is 0 Å². The molecule has 0 bridgehead atoms. The number of hydrogen-bond acceptors (Lipinski definition) is 4. The summed E-state index contributed by atoms with van der Waals surface area (Å²) in [6, 6.07) is 7.00. The lowest BCUT2D eigenvalue weighted by molar-refractivity contribution is -0.145. The van der Waals surface area contributed by atoms with Crippen molar-refractivity contribution in [3.8, 4) is 5.75 Å². The molecule has 6 heteroatoms. The first-order chi connectivity index (χ1) is 10.1. The zero-order valence-electron chi connectivity index (χ0n) is 11.5. The zero-order valence-corrected chi connectivity index (χ0v) is 11.5. The number of hydrogen-bond donors (Lipinski definition) is 1. The first-order valence-corrected chi connectivity index (χ1v) is 7.05. The second-order valence-corrected chi connectivity index (χ2v) is 5.26. The molecular formula is C15H17NO5. The number of anilines is 1. The van der Waals surface area contributed by atoms with Crippen molar-refractivity contribution < 1.29 is 24.2 Å². The van der Waals surface area contributed by atoms with E-state index in [0.717, 1.165) is 12.8 Å². The van der Waals surface area contributed by atoms with Gasteiger partial charge in [0.2, 0.25) is 12.0 Å². The highest BCUT2D eigenvalue weighted by atomic mass is 16.5. The average molecular weight is 291 g/mol. The standard InChI is InChI=1S/C15H17NO5/c17-14(8-10-4-3-7-20-10)16-9-13(15(18)19)21-12-6-2-1-5-11(12)16/h1-2,5-6,10,13H,3-4,7-9H2,(H,18,19). The molecule has 2 unspecified atom stereocenters. The normalized spacial score (nSPS) is 24.3. The fourth-order valence-corrected chi connectivity index (χ4v) is 2.71. The lowest BCUT2D eigenvalue weighted by Gasteiger charge is -2.33. The number of para-hydroxylation sites is 2. The van der Waals surface area contributed by atoms with Gasteiger partial charge in [0.05, 0.1) is 24.8 Å². The van der Waals surface area contributed by atoms with Gasteiger partial charge in [0.1, 0.15) is 5.75 Å². The molecule has 0 radical (unpaired) electrons. The number of benzene rings is 1. The van der Waals surface area contributed by atoms with Crippen molar-refractivity contribution in [2.45, 2.75) is 31.5 Å². The van der Waals surface area contributed by atoms with Gasteiger partial charge in [-0.05, 0) is 25.0 Å². The van der Waals surface area contributed by atoms with E-state index < -0.39 is 12.1 Å². The molecule has 0 aromatic heterocycles. The minimum Gasteiger partial charge on any atom is -0.478 e. The van der Waals surface area contributed by atoms with Gasteiger partial charge in [-0.15, -0.1) is 0 Å². The Morgan fingerprint density at radius 1 is 1.33 bits per heavy atom. The van der Waals surface area contributed by atoms with Crippen molar-refractivity contribution >= 4 is 17.6 Å². The molecule has 2 aliphatic rings. The lowest BCUT2D eigenvalue weighted by Crippen LogP contribution is -2.47. The number of carbonyl (C=O) groups is 2. The monoisotopic (exact) mass is 291 g/mol. The molecule has 1 aromatic carbocycles. The second kappa shape index (κ2) is 5.73. The summed E-state index contributed by atoms with van der Waals surface area (Å²) in [5, 5.41) is 9.16. The van der Waals surface area contributed by atoms with Gasteiger partial charge < -0.3 is 19.5 Å². The number of amides is 1. The van der Waals surface area contributed by atoms with Gasteiger partial charge in [-0.2, -0.15) is 0 Å². The van der Waals surface area contributed by atoms with Crippen molar-refractivity contribution in [2.75, 3.05) is 18.1 Å². The molecule has 1 N–H and O–H groups in total. The number of nitrogens with zero attached hydrogens (tertiary/aromatic N) is 1. The van der Waals surface area contributed by atoms with Gasteiger partial charge in [-0.3, -0.25) is 4.79 Å². The molecule has 0 aliphatic carbocycles.